The molecule has 1 aromatic heterocycles. The number of nitrogens with two attached hydrogens (primary N) is 1. The fourth-order valence-corrected chi connectivity index (χ4v) is 9.47. The Balaban J connectivity index is 1.42. The highest BCUT2D eigenvalue weighted by Gasteiger charge is 2.60. The lowest BCUT2D eigenvalue weighted by molar-refractivity contribution is -0.142. The Kier molecular flexibility index (Phi) is 11.3. The number of ether oxygens (including phenoxy) is 1. The molecule has 1 saturated heterocycles. The molecule has 3 amide bonds. The van der Waals surface area contributed by atoms with Crippen molar-refractivity contribution in [2.24, 2.45) is 29.4 Å². The molecule has 0 spiro atoms. The molecule has 3 aliphatic rings. The van der Waals surface area contributed by atoms with Crippen LogP contribution in [0.15, 0.2) is 33.6 Å². The summed E-state index contributed by atoms with van der Waals surface area (Å²) in [6.07, 6.45) is 7.15. The predicted molar refractivity (Wildman–Crippen MR) is 187 cm³/mol. The molecule has 50 heavy (non-hydrogen) atoms. The van der Waals surface area contributed by atoms with Crippen molar-refractivity contribution in [2.45, 2.75) is 121 Å². The first kappa shape index (κ1) is 37.7. The van der Waals surface area contributed by atoms with Crippen LogP contribution in [-0.4, -0.2) is 62.2 Å². The topological polar surface area (TPSA) is 171 Å². The maximum atomic E-state index is 15.0. The van der Waals surface area contributed by atoms with E-state index in [0.717, 1.165) is 32.1 Å². The minimum atomic E-state index is -4.07. The number of benzene rings is 1. The highest BCUT2D eigenvalue weighted by atomic mass is 32.2. The van der Waals surface area contributed by atoms with Gasteiger partial charge in [-0.05, 0) is 97.1 Å². The number of aryl methyl sites for hydroxylation is 2. The lowest BCUT2D eigenvalue weighted by atomic mass is 9.75. The predicted octanol–water partition coefficient (Wildman–Crippen LogP) is 6.05. The van der Waals surface area contributed by atoms with Crippen LogP contribution < -0.4 is 20.3 Å². The average molecular weight is 719 g/mol. The van der Waals surface area contributed by atoms with E-state index in [0.29, 0.717) is 55.8 Å². The maximum absolute atomic E-state index is 15.0. The number of alkyl halides is 1. The number of oxazole rings is 1. The van der Waals surface area contributed by atoms with Crippen LogP contribution in [0, 0.1) is 37.5 Å². The first-order valence-electron chi connectivity index (χ1n) is 17.9. The molecule has 1 aliphatic heterocycles. The number of carbonyl (C=O) groups is 3. The molecule has 2 heterocycles. The van der Waals surface area contributed by atoms with Gasteiger partial charge in [-0.1, -0.05) is 19.3 Å². The summed E-state index contributed by atoms with van der Waals surface area (Å²) in [5.74, 6) is -0.584. The van der Waals surface area contributed by atoms with Crippen LogP contribution in [-0.2, 0) is 24.3 Å². The molecule has 12 nitrogen and oxygen atoms in total. The van der Waals surface area contributed by atoms with Gasteiger partial charge in [0.05, 0.1) is 29.1 Å². The van der Waals surface area contributed by atoms with Gasteiger partial charge in [0.2, 0.25) is 0 Å². The van der Waals surface area contributed by atoms with Crippen molar-refractivity contribution in [1.82, 2.24) is 14.8 Å². The molecule has 0 radical (unpaired) electrons. The second-order valence-corrected chi connectivity index (χ2v) is 17.1. The summed E-state index contributed by atoms with van der Waals surface area (Å²) in [6.45, 7) is 8.25. The van der Waals surface area contributed by atoms with E-state index < -0.39 is 52.3 Å². The number of sulfonamides is 1. The highest BCUT2D eigenvalue weighted by Crippen LogP contribution is 2.47. The Bertz CT molecular complexity index is 1620. The minimum Gasteiger partial charge on any atom is -0.444 e. The normalized spacial score (nSPS) is 27.0. The number of alkyl carbamates (subject to hydrolysis) is 1. The fourth-order valence-electron chi connectivity index (χ4n) is 8.54. The van der Waals surface area contributed by atoms with Crippen molar-refractivity contribution in [1.29, 1.82) is 0 Å². The van der Waals surface area contributed by atoms with E-state index in [1.807, 2.05) is 0 Å². The molecule has 4 atom stereocenters. The van der Waals surface area contributed by atoms with Gasteiger partial charge in [-0.2, -0.15) is 4.98 Å². The number of anilines is 1. The maximum Gasteiger partial charge on any atom is 0.407 e. The van der Waals surface area contributed by atoms with E-state index in [9.17, 15) is 27.2 Å². The van der Waals surface area contributed by atoms with Crippen molar-refractivity contribution in [2.75, 3.05) is 17.9 Å². The largest absolute Gasteiger partial charge is 0.444 e. The number of nitrogens with zero attached hydrogens (tertiary/aromatic N) is 2. The second kappa shape index (κ2) is 15.0. The molecular weight excluding hydrogens is 665 g/mol. The quantitative estimate of drug-likeness (QED) is 0.249. The van der Waals surface area contributed by atoms with Gasteiger partial charge in [-0.15, -0.1) is 0 Å². The van der Waals surface area contributed by atoms with E-state index in [4.69, 9.17) is 14.9 Å². The number of hydrogen-bond donors (Lipinski definition) is 3. The molecule has 1 unspecified atom stereocenters. The van der Waals surface area contributed by atoms with Crippen LogP contribution in [0.1, 0.15) is 96.4 Å². The van der Waals surface area contributed by atoms with Gasteiger partial charge in [0, 0.05) is 24.5 Å². The molecule has 5 rings (SSSR count). The summed E-state index contributed by atoms with van der Waals surface area (Å²) >= 11 is 0. The van der Waals surface area contributed by atoms with Crippen molar-refractivity contribution >= 4 is 39.6 Å². The number of quaternary nitrogens is 1. The molecule has 2 saturated carbocycles. The van der Waals surface area contributed by atoms with Gasteiger partial charge in [-0.25, -0.2) is 31.6 Å². The lowest BCUT2D eigenvalue weighted by Gasteiger charge is -2.42. The van der Waals surface area contributed by atoms with Gasteiger partial charge in [-0.3, -0.25) is 4.79 Å². The number of likely N-dealkylation sites (tertiary alicyclic amines) is 1. The summed E-state index contributed by atoms with van der Waals surface area (Å²) in [7, 11) is -4.07. The monoisotopic (exact) mass is 718 g/mol. The number of amides is 3. The second-order valence-electron chi connectivity index (χ2n) is 15.4. The van der Waals surface area contributed by atoms with E-state index in [1.165, 1.54) is 12.1 Å². The van der Waals surface area contributed by atoms with E-state index in [2.05, 4.69) is 15.0 Å². The Labute approximate surface area is 294 Å². The number of hydrogen-bond acceptors (Lipinski definition) is 8. The van der Waals surface area contributed by atoms with Gasteiger partial charge in [0.1, 0.15) is 23.7 Å². The first-order valence-corrected chi connectivity index (χ1v) is 19.4. The molecule has 4 N–H and O–H groups in total. The van der Waals surface area contributed by atoms with Crippen molar-refractivity contribution < 1.29 is 36.3 Å². The number of carbonyl (C=O) groups excluding carboxylic acids is 3. The van der Waals surface area contributed by atoms with Gasteiger partial charge < -0.3 is 20.2 Å². The molecule has 0 bridgehead atoms. The summed E-state index contributed by atoms with van der Waals surface area (Å²) in [5.41, 5.74) is 6.59. The molecular formula is C36H53FN5O7S+. The van der Waals surface area contributed by atoms with Gasteiger partial charge in [0.25, 0.3) is 15.9 Å². The van der Waals surface area contributed by atoms with E-state index in [-0.39, 0.29) is 39.1 Å². The standard InChI is InChI=1S/C36H52FN5O7S/c1-22-23(2)48-34(39-22)41-50(46,47)28-17-15-27(16-18-28)42(20-19-29(31(42)32(38)43)24-9-7-6-8-10-24)33(44)26-13-11-25(12-14-26)30(21-37)40-35(45)49-36(3,4)5/h15-18,24-26,29-31H,6-14,19-21H2,1-5H3,(H3-,38,39,40,41,43,45)/p+1/t25-,26-,29-,30+,31-,42?/m0/s1. The van der Waals surface area contributed by atoms with Gasteiger partial charge >= 0.3 is 18.0 Å². The number of halogens is 1. The fraction of sp³-hybridized carbons (Fsp3) is 0.667. The number of primary amides is 1. The Morgan fingerprint density at radius 1 is 1.02 bits per heavy atom. The van der Waals surface area contributed by atoms with Crippen molar-refractivity contribution in [3.63, 3.8) is 0 Å². The average Bonchev–Trinajstić information content (AvgIpc) is 3.62. The molecule has 2 aliphatic carbocycles. The summed E-state index contributed by atoms with van der Waals surface area (Å²) < 4.78 is 53.6. The van der Waals surface area contributed by atoms with Gasteiger partial charge in [0.15, 0.2) is 6.04 Å². The van der Waals surface area contributed by atoms with Crippen LogP contribution in [0.5, 0.6) is 0 Å². The molecule has 1 aromatic carbocycles. The summed E-state index contributed by atoms with van der Waals surface area (Å²) in [4.78, 5) is 44.9. The van der Waals surface area contributed by atoms with Crippen LogP contribution in [0.3, 0.4) is 0 Å². The zero-order chi connectivity index (χ0) is 36.4. The zero-order valence-electron chi connectivity index (χ0n) is 29.9. The zero-order valence-corrected chi connectivity index (χ0v) is 30.7. The molecule has 3 fully saturated rings. The molecule has 276 valence electrons. The molecule has 2 aromatic rings. The Hall–Kier alpha value is -3.52. The van der Waals surface area contributed by atoms with Crippen molar-refractivity contribution in [3.8, 4) is 0 Å². The summed E-state index contributed by atoms with van der Waals surface area (Å²) in [6, 6.07) is 4.43. The molecule has 14 heteroatoms. The summed E-state index contributed by atoms with van der Waals surface area (Å²) in [5, 5.41) is 2.68. The Morgan fingerprint density at radius 3 is 2.20 bits per heavy atom. The van der Waals surface area contributed by atoms with Crippen LogP contribution >= 0.6 is 0 Å². The van der Waals surface area contributed by atoms with Crippen molar-refractivity contribution in [3.05, 3.63) is 35.7 Å². The third-order valence-electron chi connectivity index (χ3n) is 11.1. The van der Waals surface area contributed by atoms with E-state index >= 15 is 0 Å². The third-order valence-corrected chi connectivity index (χ3v) is 12.4. The number of aromatic nitrogens is 1. The van der Waals surface area contributed by atoms with Crippen LogP contribution in [0.2, 0.25) is 0 Å². The van der Waals surface area contributed by atoms with Crippen LogP contribution in [0.25, 0.3) is 0 Å². The SMILES string of the molecule is Cc1nc(NS(=O)(=O)c2ccc([N+]3(C(=O)[C@H]4CC[C@H]([C@@H](CF)NC(=O)OC(C)(C)C)CC4)CC[C@@H](C4CCCCC4)[C@H]3C(N)=O)cc2)oc1C. The van der Waals surface area contributed by atoms with E-state index in [1.54, 1.807) is 46.8 Å². The van der Waals surface area contributed by atoms with Crippen LogP contribution in [0.4, 0.5) is 20.9 Å². The third kappa shape index (κ3) is 8.01. The number of nitrogens with one attached hydrogen (secondary N) is 2. The Morgan fingerprint density at radius 2 is 1.66 bits per heavy atom. The lowest BCUT2D eigenvalue weighted by Crippen LogP contribution is -2.65. The number of rotatable bonds is 10. The first-order chi connectivity index (χ1) is 23.6. The smallest absolute Gasteiger partial charge is 0.407 e. The highest BCUT2D eigenvalue weighted by molar-refractivity contribution is 7.92. The minimum absolute atomic E-state index is 0.0470.